The highest BCUT2D eigenvalue weighted by atomic mass is 32.2. The Morgan fingerprint density at radius 2 is 2.11 bits per heavy atom. The molecule has 2 rings (SSSR count). The first kappa shape index (κ1) is 14.9. The molecular formula is C16H22OS2. The number of allylic oxidation sites excluding steroid dienone is 1. The van der Waals surface area contributed by atoms with Gasteiger partial charge >= 0.3 is 0 Å². The molecule has 0 spiro atoms. The van der Waals surface area contributed by atoms with Crippen LogP contribution < -0.4 is 0 Å². The third-order valence-corrected chi connectivity index (χ3v) is 6.55. The molecule has 0 amide bonds. The molecule has 1 aromatic rings. The minimum atomic E-state index is 0.400. The van der Waals surface area contributed by atoms with E-state index < -0.39 is 0 Å². The summed E-state index contributed by atoms with van der Waals surface area (Å²) in [6.07, 6.45) is 3.03. The zero-order valence-corrected chi connectivity index (χ0v) is 13.4. The summed E-state index contributed by atoms with van der Waals surface area (Å²) in [6, 6.07) is 10.4. The lowest BCUT2D eigenvalue weighted by atomic mass is 10.1. The van der Waals surface area contributed by atoms with Crippen LogP contribution in [0.2, 0.25) is 0 Å². The topological polar surface area (TPSA) is 9.23 Å². The van der Waals surface area contributed by atoms with Gasteiger partial charge in [-0.15, -0.1) is 0 Å². The first-order valence-electron chi connectivity index (χ1n) is 6.75. The Bertz CT molecular complexity index is 408. The average molecular weight is 294 g/mol. The van der Waals surface area contributed by atoms with Crippen molar-refractivity contribution >= 4 is 29.1 Å². The lowest BCUT2D eigenvalue weighted by Gasteiger charge is -2.32. The summed E-state index contributed by atoms with van der Waals surface area (Å²) in [5.41, 5.74) is 2.42. The van der Waals surface area contributed by atoms with Crippen molar-refractivity contribution in [3.8, 4) is 0 Å². The summed E-state index contributed by atoms with van der Waals surface area (Å²) >= 11 is 4.17. The zero-order chi connectivity index (χ0) is 13.6. The summed E-state index contributed by atoms with van der Waals surface area (Å²) in [4.78, 5) is 0. The summed E-state index contributed by atoms with van der Waals surface area (Å²) in [7, 11) is 0. The van der Waals surface area contributed by atoms with Gasteiger partial charge in [-0.2, -0.15) is 23.5 Å². The van der Waals surface area contributed by atoms with Crippen molar-refractivity contribution in [3.05, 3.63) is 42.2 Å². The first-order valence-corrected chi connectivity index (χ1v) is 8.89. The molecular weight excluding hydrogens is 272 g/mol. The molecule has 1 aliphatic heterocycles. The van der Waals surface area contributed by atoms with E-state index >= 15 is 0 Å². The van der Waals surface area contributed by atoms with Crippen LogP contribution in [0.15, 0.2) is 36.6 Å². The highest BCUT2D eigenvalue weighted by Gasteiger charge is 2.27. The van der Waals surface area contributed by atoms with Crippen LogP contribution in [0.3, 0.4) is 0 Å². The van der Waals surface area contributed by atoms with Crippen LogP contribution in [-0.2, 0) is 4.74 Å². The van der Waals surface area contributed by atoms with Gasteiger partial charge in [-0.05, 0) is 31.4 Å². The monoisotopic (exact) mass is 294 g/mol. The van der Waals surface area contributed by atoms with Crippen molar-refractivity contribution in [2.45, 2.75) is 25.0 Å². The molecule has 1 unspecified atom stereocenters. The van der Waals surface area contributed by atoms with Gasteiger partial charge in [0.15, 0.2) is 0 Å². The minimum absolute atomic E-state index is 0.400. The van der Waals surface area contributed by atoms with Crippen molar-refractivity contribution in [1.29, 1.82) is 0 Å². The number of benzene rings is 1. The molecule has 1 fully saturated rings. The number of rotatable bonds is 5. The van der Waals surface area contributed by atoms with Crippen molar-refractivity contribution in [3.63, 3.8) is 0 Å². The van der Waals surface area contributed by atoms with Crippen LogP contribution in [0.25, 0.3) is 5.57 Å². The SMILES string of the molecule is C/C(=C/OCCC1(C)CSCCS1)c1ccccc1. The van der Waals surface area contributed by atoms with Crippen LogP contribution >= 0.6 is 23.5 Å². The van der Waals surface area contributed by atoms with Crippen LogP contribution in [0, 0.1) is 0 Å². The smallest absolute Gasteiger partial charge is 0.0886 e. The van der Waals surface area contributed by atoms with Crippen molar-refractivity contribution in [2.24, 2.45) is 0 Å². The van der Waals surface area contributed by atoms with Crippen LogP contribution in [0.5, 0.6) is 0 Å². The largest absolute Gasteiger partial charge is 0.501 e. The molecule has 1 aliphatic rings. The molecule has 3 heteroatoms. The molecule has 0 N–H and O–H groups in total. The van der Waals surface area contributed by atoms with Crippen molar-refractivity contribution < 1.29 is 4.74 Å². The lowest BCUT2D eigenvalue weighted by molar-refractivity contribution is 0.236. The lowest BCUT2D eigenvalue weighted by Crippen LogP contribution is -2.29. The molecule has 1 heterocycles. The van der Waals surface area contributed by atoms with Crippen LogP contribution in [-0.4, -0.2) is 28.6 Å². The van der Waals surface area contributed by atoms with E-state index in [1.54, 1.807) is 0 Å². The Balaban J connectivity index is 1.77. The molecule has 0 bridgehead atoms. The number of ether oxygens (including phenoxy) is 1. The van der Waals surface area contributed by atoms with E-state index in [2.05, 4.69) is 61.6 Å². The van der Waals surface area contributed by atoms with Gasteiger partial charge in [0, 0.05) is 22.0 Å². The summed E-state index contributed by atoms with van der Waals surface area (Å²) in [5.74, 6) is 3.83. The second kappa shape index (κ2) is 7.30. The Morgan fingerprint density at radius 1 is 1.32 bits per heavy atom. The van der Waals surface area contributed by atoms with E-state index in [0.717, 1.165) is 13.0 Å². The van der Waals surface area contributed by atoms with E-state index in [0.29, 0.717) is 4.75 Å². The Hall–Kier alpha value is -0.540. The summed E-state index contributed by atoms with van der Waals surface area (Å²) in [6.45, 7) is 5.28. The molecule has 0 aliphatic carbocycles. The minimum Gasteiger partial charge on any atom is -0.501 e. The molecule has 1 nitrogen and oxygen atoms in total. The van der Waals surface area contributed by atoms with Gasteiger partial charge in [-0.25, -0.2) is 0 Å². The molecule has 1 aromatic carbocycles. The third-order valence-electron chi connectivity index (χ3n) is 3.32. The standard InChI is InChI=1S/C16H22OS2/c1-14(15-6-4-3-5-7-15)12-17-9-8-16(2)13-18-10-11-19-16/h3-7,12H,8-11,13H2,1-2H3/b14-12-. The fraction of sp³-hybridized carbons (Fsp3) is 0.500. The zero-order valence-electron chi connectivity index (χ0n) is 11.7. The average Bonchev–Trinajstić information content (AvgIpc) is 2.45. The normalized spacial score (nSPS) is 24.2. The quantitative estimate of drug-likeness (QED) is 0.576. The van der Waals surface area contributed by atoms with Gasteiger partial charge in [0.1, 0.15) is 0 Å². The molecule has 0 saturated carbocycles. The predicted octanol–water partition coefficient (Wildman–Crippen LogP) is 4.69. The molecule has 0 aromatic heterocycles. The number of hydrogen-bond donors (Lipinski definition) is 0. The third kappa shape index (κ3) is 4.81. The highest BCUT2D eigenvalue weighted by molar-refractivity contribution is 8.07. The highest BCUT2D eigenvalue weighted by Crippen LogP contribution is 2.37. The van der Waals surface area contributed by atoms with Crippen LogP contribution in [0.4, 0.5) is 0 Å². The molecule has 1 atom stereocenters. The first-order chi connectivity index (χ1) is 9.20. The maximum Gasteiger partial charge on any atom is 0.0886 e. The fourth-order valence-corrected chi connectivity index (χ4v) is 4.88. The maximum absolute atomic E-state index is 5.73. The Labute approximate surface area is 125 Å². The summed E-state index contributed by atoms with van der Waals surface area (Å²) < 4.78 is 6.13. The number of thioether (sulfide) groups is 2. The van der Waals surface area contributed by atoms with E-state index in [1.165, 1.54) is 28.4 Å². The van der Waals surface area contributed by atoms with Gasteiger partial charge in [-0.3, -0.25) is 0 Å². The Kier molecular flexibility index (Phi) is 5.71. The second-order valence-electron chi connectivity index (χ2n) is 5.14. The van der Waals surface area contributed by atoms with E-state index in [9.17, 15) is 0 Å². The number of hydrogen-bond acceptors (Lipinski definition) is 3. The van der Waals surface area contributed by atoms with Gasteiger partial charge in [-0.1, -0.05) is 30.3 Å². The molecule has 1 saturated heterocycles. The molecule has 0 radical (unpaired) electrons. The molecule has 19 heavy (non-hydrogen) atoms. The van der Waals surface area contributed by atoms with Gasteiger partial charge in [0.2, 0.25) is 0 Å². The second-order valence-corrected chi connectivity index (χ2v) is 7.93. The summed E-state index contributed by atoms with van der Waals surface area (Å²) in [5, 5.41) is 0. The van der Waals surface area contributed by atoms with Gasteiger partial charge in [0.05, 0.1) is 12.9 Å². The van der Waals surface area contributed by atoms with Crippen molar-refractivity contribution in [1.82, 2.24) is 0 Å². The van der Waals surface area contributed by atoms with E-state index in [-0.39, 0.29) is 0 Å². The predicted molar refractivity (Wildman–Crippen MR) is 88.9 cm³/mol. The maximum atomic E-state index is 5.73. The fourth-order valence-electron chi connectivity index (χ4n) is 2.05. The van der Waals surface area contributed by atoms with Crippen molar-refractivity contribution in [2.75, 3.05) is 23.9 Å². The van der Waals surface area contributed by atoms with Gasteiger partial charge in [0.25, 0.3) is 0 Å². The van der Waals surface area contributed by atoms with Gasteiger partial charge < -0.3 is 4.74 Å². The molecule has 104 valence electrons. The van der Waals surface area contributed by atoms with E-state index in [1.807, 2.05) is 12.3 Å². The Morgan fingerprint density at radius 3 is 2.79 bits per heavy atom. The van der Waals surface area contributed by atoms with Crippen LogP contribution in [0.1, 0.15) is 25.8 Å². The van der Waals surface area contributed by atoms with E-state index in [4.69, 9.17) is 4.74 Å².